The second-order valence-electron chi connectivity index (χ2n) is 6.11. The molecule has 0 saturated carbocycles. The molecule has 0 fully saturated rings. The van der Waals surface area contributed by atoms with E-state index in [2.05, 4.69) is 10.3 Å². The minimum absolute atomic E-state index is 0.120. The van der Waals surface area contributed by atoms with Gasteiger partial charge in [-0.2, -0.15) is 0 Å². The number of para-hydroxylation sites is 1. The number of rotatable bonds is 3. The van der Waals surface area contributed by atoms with E-state index in [1.165, 1.54) is 28.7 Å². The van der Waals surface area contributed by atoms with Crippen LogP contribution in [0.4, 0.5) is 4.39 Å². The van der Waals surface area contributed by atoms with E-state index in [-0.39, 0.29) is 29.9 Å². The van der Waals surface area contributed by atoms with Gasteiger partial charge in [-0.3, -0.25) is 14.2 Å². The Morgan fingerprint density at radius 3 is 3.00 bits per heavy atom. The van der Waals surface area contributed by atoms with Gasteiger partial charge in [-0.25, -0.2) is 9.37 Å². The Bertz CT molecular complexity index is 1050. The summed E-state index contributed by atoms with van der Waals surface area (Å²) in [4.78, 5) is 29.8. The molecule has 0 spiro atoms. The van der Waals surface area contributed by atoms with Crippen molar-refractivity contribution in [2.75, 3.05) is 5.75 Å². The maximum atomic E-state index is 13.9. The maximum Gasteiger partial charge on any atom is 0.261 e. The summed E-state index contributed by atoms with van der Waals surface area (Å²) in [5.74, 6) is 0.175. The van der Waals surface area contributed by atoms with Crippen LogP contribution in [0.5, 0.6) is 0 Å². The fourth-order valence-electron chi connectivity index (χ4n) is 3.15. The summed E-state index contributed by atoms with van der Waals surface area (Å²) in [6.07, 6.45) is 2.10. The molecule has 1 amide bonds. The van der Waals surface area contributed by atoms with Crippen LogP contribution in [0.25, 0.3) is 10.9 Å². The van der Waals surface area contributed by atoms with E-state index in [4.69, 9.17) is 0 Å². The van der Waals surface area contributed by atoms with Crippen LogP contribution in [0.1, 0.15) is 18.0 Å². The lowest BCUT2D eigenvalue weighted by Crippen LogP contribution is -2.36. The van der Waals surface area contributed by atoms with Crippen LogP contribution in [0.15, 0.2) is 58.5 Å². The summed E-state index contributed by atoms with van der Waals surface area (Å²) in [5, 5.41) is 3.40. The summed E-state index contributed by atoms with van der Waals surface area (Å²) in [6.45, 7) is -0.120. The molecule has 7 heteroatoms. The molecule has 26 heavy (non-hydrogen) atoms. The number of halogens is 1. The van der Waals surface area contributed by atoms with E-state index in [1.807, 2.05) is 12.1 Å². The highest BCUT2D eigenvalue weighted by Gasteiger charge is 2.24. The molecule has 0 radical (unpaired) electrons. The summed E-state index contributed by atoms with van der Waals surface area (Å²) < 4.78 is 15.2. The zero-order chi connectivity index (χ0) is 18.1. The SMILES string of the molecule is O=C(Cn1cnc2ccccc2c1=O)NC1CCSc2c(F)cccc21. The smallest absolute Gasteiger partial charge is 0.261 e. The number of benzene rings is 2. The molecule has 4 rings (SSSR count). The molecule has 1 aliphatic rings. The topological polar surface area (TPSA) is 64.0 Å². The van der Waals surface area contributed by atoms with E-state index >= 15 is 0 Å². The van der Waals surface area contributed by atoms with Crippen molar-refractivity contribution in [2.24, 2.45) is 0 Å². The van der Waals surface area contributed by atoms with E-state index in [0.717, 1.165) is 17.7 Å². The minimum Gasteiger partial charge on any atom is -0.348 e. The second kappa shape index (κ2) is 6.92. The molecule has 1 aliphatic heterocycles. The monoisotopic (exact) mass is 369 g/mol. The van der Waals surface area contributed by atoms with Gasteiger partial charge in [0.05, 0.1) is 23.3 Å². The molecule has 2 heterocycles. The first kappa shape index (κ1) is 16.8. The molecule has 1 atom stereocenters. The van der Waals surface area contributed by atoms with Gasteiger partial charge in [0.2, 0.25) is 5.91 Å². The van der Waals surface area contributed by atoms with Crippen molar-refractivity contribution in [1.82, 2.24) is 14.9 Å². The Kier molecular flexibility index (Phi) is 4.46. The van der Waals surface area contributed by atoms with Crippen LogP contribution in [-0.4, -0.2) is 21.2 Å². The average molecular weight is 369 g/mol. The standard InChI is InChI=1S/C19H16FN3O2S/c20-14-6-3-5-12-16(8-9-26-18(12)14)22-17(24)10-23-11-21-15-7-2-1-4-13(15)19(23)25/h1-7,11,16H,8-10H2,(H,22,24). The molecule has 2 aromatic carbocycles. The van der Waals surface area contributed by atoms with Crippen molar-refractivity contribution in [3.8, 4) is 0 Å². The van der Waals surface area contributed by atoms with Crippen molar-refractivity contribution < 1.29 is 9.18 Å². The highest BCUT2D eigenvalue weighted by Crippen LogP contribution is 2.37. The molecular weight excluding hydrogens is 353 g/mol. The van der Waals surface area contributed by atoms with Crippen molar-refractivity contribution in [3.05, 3.63) is 70.5 Å². The lowest BCUT2D eigenvalue weighted by Gasteiger charge is -2.26. The normalized spacial score (nSPS) is 16.3. The average Bonchev–Trinajstić information content (AvgIpc) is 2.65. The summed E-state index contributed by atoms with van der Waals surface area (Å²) in [7, 11) is 0. The van der Waals surface area contributed by atoms with Gasteiger partial charge in [0.25, 0.3) is 5.56 Å². The van der Waals surface area contributed by atoms with E-state index in [1.54, 1.807) is 24.3 Å². The third kappa shape index (κ3) is 3.10. The van der Waals surface area contributed by atoms with Crippen LogP contribution in [0, 0.1) is 5.82 Å². The molecule has 5 nitrogen and oxygen atoms in total. The highest BCUT2D eigenvalue weighted by molar-refractivity contribution is 7.99. The van der Waals surface area contributed by atoms with Crippen molar-refractivity contribution in [2.45, 2.75) is 23.9 Å². The molecule has 0 aliphatic carbocycles. The third-order valence-corrected chi connectivity index (χ3v) is 5.57. The summed E-state index contributed by atoms with van der Waals surface area (Å²) in [6, 6.07) is 11.7. The van der Waals surface area contributed by atoms with Crippen LogP contribution in [-0.2, 0) is 11.3 Å². The highest BCUT2D eigenvalue weighted by atomic mass is 32.2. The molecule has 0 saturated heterocycles. The number of hydrogen-bond donors (Lipinski definition) is 1. The Morgan fingerprint density at radius 2 is 2.12 bits per heavy atom. The van der Waals surface area contributed by atoms with Gasteiger partial charge < -0.3 is 5.32 Å². The Morgan fingerprint density at radius 1 is 1.27 bits per heavy atom. The van der Waals surface area contributed by atoms with E-state index in [0.29, 0.717) is 15.8 Å². The van der Waals surface area contributed by atoms with Gasteiger partial charge in [0.15, 0.2) is 0 Å². The van der Waals surface area contributed by atoms with Crippen LogP contribution in [0.2, 0.25) is 0 Å². The van der Waals surface area contributed by atoms with Gasteiger partial charge in [-0.15, -0.1) is 11.8 Å². The first-order chi connectivity index (χ1) is 12.6. The van der Waals surface area contributed by atoms with Crippen molar-refractivity contribution >= 4 is 28.6 Å². The molecule has 132 valence electrons. The number of hydrogen-bond acceptors (Lipinski definition) is 4. The Balaban J connectivity index is 1.55. The van der Waals surface area contributed by atoms with Gasteiger partial charge in [0.1, 0.15) is 12.4 Å². The summed E-state index contributed by atoms with van der Waals surface area (Å²) in [5.41, 5.74) is 1.14. The second-order valence-corrected chi connectivity index (χ2v) is 7.22. The fourth-order valence-corrected chi connectivity index (χ4v) is 4.29. The molecule has 0 bridgehead atoms. The predicted molar refractivity (Wildman–Crippen MR) is 98.6 cm³/mol. The Hall–Kier alpha value is -2.67. The number of carbonyl (C=O) groups is 1. The largest absolute Gasteiger partial charge is 0.348 e. The lowest BCUT2D eigenvalue weighted by molar-refractivity contribution is -0.122. The maximum absolute atomic E-state index is 13.9. The van der Waals surface area contributed by atoms with Gasteiger partial charge in [0, 0.05) is 10.6 Å². The summed E-state index contributed by atoms with van der Waals surface area (Å²) >= 11 is 1.46. The molecule has 1 unspecified atom stereocenters. The van der Waals surface area contributed by atoms with E-state index < -0.39 is 0 Å². The third-order valence-electron chi connectivity index (χ3n) is 4.41. The lowest BCUT2D eigenvalue weighted by atomic mass is 10.0. The molecule has 1 N–H and O–H groups in total. The number of carbonyl (C=O) groups excluding carboxylic acids is 1. The van der Waals surface area contributed by atoms with Gasteiger partial charge >= 0.3 is 0 Å². The van der Waals surface area contributed by atoms with Crippen LogP contribution >= 0.6 is 11.8 Å². The number of aromatic nitrogens is 2. The first-order valence-electron chi connectivity index (χ1n) is 8.28. The molecule has 1 aromatic heterocycles. The first-order valence-corrected chi connectivity index (χ1v) is 9.27. The van der Waals surface area contributed by atoms with Crippen molar-refractivity contribution in [3.63, 3.8) is 0 Å². The number of thioether (sulfide) groups is 1. The fraction of sp³-hybridized carbons (Fsp3) is 0.211. The van der Waals surface area contributed by atoms with Crippen molar-refractivity contribution in [1.29, 1.82) is 0 Å². The predicted octanol–water partition coefficient (Wildman–Crippen LogP) is 2.89. The number of fused-ring (bicyclic) bond motifs is 2. The quantitative estimate of drug-likeness (QED) is 0.771. The van der Waals surface area contributed by atoms with E-state index in [9.17, 15) is 14.0 Å². The number of nitrogens with zero attached hydrogens (tertiary/aromatic N) is 2. The van der Waals surface area contributed by atoms with Gasteiger partial charge in [-0.1, -0.05) is 24.3 Å². The zero-order valence-corrected chi connectivity index (χ0v) is 14.6. The molecule has 3 aromatic rings. The Labute approximate surface area is 153 Å². The number of amides is 1. The van der Waals surface area contributed by atoms with Crippen LogP contribution < -0.4 is 10.9 Å². The number of nitrogens with one attached hydrogen (secondary N) is 1. The zero-order valence-electron chi connectivity index (χ0n) is 13.8. The van der Waals surface area contributed by atoms with Gasteiger partial charge in [-0.05, 0) is 30.2 Å². The minimum atomic E-state index is -0.295. The van der Waals surface area contributed by atoms with Crippen LogP contribution in [0.3, 0.4) is 0 Å². The molecular formula is C19H16FN3O2S.